The first-order chi connectivity index (χ1) is 8.27. The van der Waals surface area contributed by atoms with E-state index in [1.165, 1.54) is 12.8 Å². The van der Waals surface area contributed by atoms with Crippen LogP contribution in [0.4, 0.5) is 0 Å². The minimum atomic E-state index is 0.147. The van der Waals surface area contributed by atoms with Crippen LogP contribution in [0.25, 0.3) is 0 Å². The molecular weight excluding hydrogens is 208 g/mol. The van der Waals surface area contributed by atoms with Crippen molar-refractivity contribution in [3.8, 4) is 0 Å². The van der Waals surface area contributed by atoms with E-state index in [2.05, 4.69) is 19.1 Å². The molecule has 0 aliphatic heterocycles. The summed E-state index contributed by atoms with van der Waals surface area (Å²) in [5.74, 6) is 1.14. The molecule has 0 radical (unpaired) electrons. The molecule has 1 aliphatic rings. The van der Waals surface area contributed by atoms with Gasteiger partial charge in [0.05, 0.1) is 0 Å². The summed E-state index contributed by atoms with van der Waals surface area (Å²) in [5.41, 5.74) is 0.853. The molecule has 1 aromatic rings. The highest BCUT2D eigenvalue weighted by Gasteiger charge is 2.20. The van der Waals surface area contributed by atoms with Gasteiger partial charge < -0.3 is 0 Å². The zero-order valence-corrected chi connectivity index (χ0v) is 10.4. The predicted octanol–water partition coefficient (Wildman–Crippen LogP) is 4.25. The molecular formula is C16H20O. The fourth-order valence-electron chi connectivity index (χ4n) is 2.56. The zero-order valence-electron chi connectivity index (χ0n) is 10.4. The summed E-state index contributed by atoms with van der Waals surface area (Å²) in [5, 5.41) is 0. The molecule has 1 heteroatoms. The molecule has 0 aromatic heterocycles. The molecule has 2 atom stereocenters. The van der Waals surface area contributed by atoms with Crippen molar-refractivity contribution in [1.29, 1.82) is 0 Å². The van der Waals surface area contributed by atoms with Crippen LogP contribution >= 0.6 is 0 Å². The second-order valence-electron chi connectivity index (χ2n) is 5.02. The highest BCUT2D eigenvalue weighted by Crippen LogP contribution is 2.26. The summed E-state index contributed by atoms with van der Waals surface area (Å²) >= 11 is 0. The van der Waals surface area contributed by atoms with Crippen molar-refractivity contribution in [2.45, 2.75) is 32.6 Å². The van der Waals surface area contributed by atoms with Crippen LogP contribution in [-0.2, 0) is 0 Å². The summed E-state index contributed by atoms with van der Waals surface area (Å²) in [6.45, 7) is 2.06. The third kappa shape index (κ3) is 3.29. The zero-order chi connectivity index (χ0) is 12.1. The van der Waals surface area contributed by atoms with Crippen LogP contribution in [0, 0.1) is 11.8 Å². The predicted molar refractivity (Wildman–Crippen MR) is 71.0 cm³/mol. The summed E-state index contributed by atoms with van der Waals surface area (Å²) < 4.78 is 0. The smallest absolute Gasteiger partial charge is 0.165 e. The van der Waals surface area contributed by atoms with Crippen LogP contribution in [0.1, 0.15) is 43.0 Å². The van der Waals surface area contributed by atoms with E-state index in [-0.39, 0.29) is 5.92 Å². The maximum atomic E-state index is 12.2. The number of carbonyl (C=O) groups excluding carboxylic acids is 1. The van der Waals surface area contributed by atoms with E-state index in [9.17, 15) is 4.79 Å². The maximum Gasteiger partial charge on any atom is 0.165 e. The van der Waals surface area contributed by atoms with Crippen LogP contribution in [0.3, 0.4) is 0 Å². The Morgan fingerprint density at radius 1 is 1.29 bits per heavy atom. The van der Waals surface area contributed by atoms with Crippen molar-refractivity contribution >= 4 is 5.78 Å². The average molecular weight is 228 g/mol. The van der Waals surface area contributed by atoms with Gasteiger partial charge in [0.25, 0.3) is 0 Å². The number of Topliss-reactive ketones (excluding diaryl/α,β-unsaturated/α-hetero) is 1. The molecule has 90 valence electrons. The Morgan fingerprint density at radius 3 is 2.71 bits per heavy atom. The first kappa shape index (κ1) is 12.1. The largest absolute Gasteiger partial charge is 0.294 e. The molecule has 0 amide bonds. The van der Waals surface area contributed by atoms with E-state index >= 15 is 0 Å². The lowest BCUT2D eigenvalue weighted by Gasteiger charge is -2.21. The molecule has 2 rings (SSSR count). The Labute approximate surface area is 104 Å². The van der Waals surface area contributed by atoms with Crippen LogP contribution < -0.4 is 0 Å². The third-order valence-corrected chi connectivity index (χ3v) is 3.57. The lowest BCUT2D eigenvalue weighted by molar-refractivity contribution is 0.0910. The fourth-order valence-corrected chi connectivity index (χ4v) is 2.56. The van der Waals surface area contributed by atoms with Gasteiger partial charge in [-0.05, 0) is 31.6 Å². The van der Waals surface area contributed by atoms with E-state index in [1.807, 2.05) is 30.3 Å². The van der Waals surface area contributed by atoms with E-state index < -0.39 is 0 Å². The minimum Gasteiger partial charge on any atom is -0.294 e. The van der Waals surface area contributed by atoms with Crippen LogP contribution in [0.2, 0.25) is 0 Å². The maximum absolute atomic E-state index is 12.2. The molecule has 0 spiro atoms. The van der Waals surface area contributed by atoms with Gasteiger partial charge in [0.2, 0.25) is 0 Å². The summed E-state index contributed by atoms with van der Waals surface area (Å²) in [4.78, 5) is 12.2. The number of carbonyl (C=O) groups is 1. The number of hydrogen-bond donors (Lipinski definition) is 0. The SMILES string of the molecule is CC(CC1CC=CCC1)C(=O)c1ccccc1. The summed E-state index contributed by atoms with van der Waals surface area (Å²) in [7, 11) is 0. The van der Waals surface area contributed by atoms with Gasteiger partial charge in [-0.1, -0.05) is 49.4 Å². The molecule has 0 saturated heterocycles. The fraction of sp³-hybridized carbons (Fsp3) is 0.438. The number of allylic oxidation sites excluding steroid dienone is 2. The van der Waals surface area contributed by atoms with Gasteiger partial charge in [-0.15, -0.1) is 0 Å². The van der Waals surface area contributed by atoms with E-state index in [0.29, 0.717) is 11.7 Å². The molecule has 1 aliphatic carbocycles. The standard InChI is InChI=1S/C16H20O/c1-13(12-14-8-4-2-5-9-14)16(17)15-10-6-3-7-11-15/h2-4,6-7,10-11,13-14H,5,8-9,12H2,1H3. The molecule has 0 fully saturated rings. The van der Waals surface area contributed by atoms with E-state index in [1.54, 1.807) is 0 Å². The Balaban J connectivity index is 1.93. The Kier molecular flexibility index (Phi) is 4.13. The van der Waals surface area contributed by atoms with Gasteiger partial charge in [0.1, 0.15) is 0 Å². The molecule has 0 N–H and O–H groups in total. The molecule has 1 nitrogen and oxygen atoms in total. The second kappa shape index (κ2) is 5.81. The molecule has 17 heavy (non-hydrogen) atoms. The number of benzene rings is 1. The van der Waals surface area contributed by atoms with Crippen molar-refractivity contribution in [1.82, 2.24) is 0 Å². The van der Waals surface area contributed by atoms with Crippen LogP contribution in [0.15, 0.2) is 42.5 Å². The number of hydrogen-bond acceptors (Lipinski definition) is 1. The number of rotatable bonds is 4. The van der Waals surface area contributed by atoms with E-state index in [4.69, 9.17) is 0 Å². The average Bonchev–Trinajstić information content (AvgIpc) is 2.40. The highest BCUT2D eigenvalue weighted by molar-refractivity contribution is 5.97. The Bertz CT molecular complexity index is 391. The Hall–Kier alpha value is -1.37. The first-order valence-electron chi connectivity index (χ1n) is 6.51. The minimum absolute atomic E-state index is 0.147. The van der Waals surface area contributed by atoms with Gasteiger partial charge in [-0.2, -0.15) is 0 Å². The van der Waals surface area contributed by atoms with Crippen LogP contribution in [0.5, 0.6) is 0 Å². The quantitative estimate of drug-likeness (QED) is 0.556. The van der Waals surface area contributed by atoms with Crippen molar-refractivity contribution < 1.29 is 4.79 Å². The molecule has 1 aromatic carbocycles. The monoisotopic (exact) mass is 228 g/mol. The summed E-state index contributed by atoms with van der Waals surface area (Å²) in [6.07, 6.45) is 9.10. The second-order valence-corrected chi connectivity index (χ2v) is 5.02. The van der Waals surface area contributed by atoms with Gasteiger partial charge >= 0.3 is 0 Å². The van der Waals surface area contributed by atoms with Gasteiger partial charge in [-0.3, -0.25) is 4.79 Å². The third-order valence-electron chi connectivity index (χ3n) is 3.57. The first-order valence-corrected chi connectivity index (χ1v) is 6.51. The van der Waals surface area contributed by atoms with E-state index in [0.717, 1.165) is 18.4 Å². The molecule has 0 saturated carbocycles. The molecule has 2 unspecified atom stereocenters. The topological polar surface area (TPSA) is 17.1 Å². The van der Waals surface area contributed by atoms with Crippen molar-refractivity contribution in [3.05, 3.63) is 48.0 Å². The van der Waals surface area contributed by atoms with Crippen molar-refractivity contribution in [2.75, 3.05) is 0 Å². The lowest BCUT2D eigenvalue weighted by atomic mass is 9.84. The normalized spacial score (nSPS) is 21.1. The highest BCUT2D eigenvalue weighted by atomic mass is 16.1. The lowest BCUT2D eigenvalue weighted by Crippen LogP contribution is -2.16. The van der Waals surface area contributed by atoms with Crippen molar-refractivity contribution in [3.63, 3.8) is 0 Å². The molecule has 0 bridgehead atoms. The van der Waals surface area contributed by atoms with Crippen LogP contribution in [-0.4, -0.2) is 5.78 Å². The number of ketones is 1. The van der Waals surface area contributed by atoms with Gasteiger partial charge in [0.15, 0.2) is 5.78 Å². The Morgan fingerprint density at radius 2 is 2.06 bits per heavy atom. The summed E-state index contributed by atoms with van der Waals surface area (Å²) in [6, 6.07) is 9.65. The van der Waals surface area contributed by atoms with Gasteiger partial charge in [0, 0.05) is 11.5 Å². The van der Waals surface area contributed by atoms with Gasteiger partial charge in [-0.25, -0.2) is 0 Å². The van der Waals surface area contributed by atoms with Crippen molar-refractivity contribution in [2.24, 2.45) is 11.8 Å². The molecule has 0 heterocycles.